The Morgan fingerprint density at radius 3 is 2.55 bits per heavy atom. The van der Waals surface area contributed by atoms with Gasteiger partial charge in [-0.15, -0.1) is 0 Å². The molecule has 10 nitrogen and oxygen atoms in total. The topological polar surface area (TPSA) is 149 Å². The molecule has 12 heteroatoms. The third-order valence-electron chi connectivity index (χ3n) is 4.55. The summed E-state index contributed by atoms with van der Waals surface area (Å²) < 4.78 is 25.5. The highest BCUT2D eigenvalue weighted by atomic mass is 79.9. The molecule has 0 fully saturated rings. The van der Waals surface area contributed by atoms with Gasteiger partial charge in [-0.1, -0.05) is 18.2 Å². The highest BCUT2D eigenvalue weighted by Gasteiger charge is 2.26. The van der Waals surface area contributed by atoms with Crippen molar-refractivity contribution in [2.45, 2.75) is 12.5 Å². The first-order chi connectivity index (χ1) is 14.5. The summed E-state index contributed by atoms with van der Waals surface area (Å²) in [6.07, 6.45) is 2.15. The Balaban J connectivity index is 1.95. The SMILES string of the molecule is CS(=O)(=O)n1cc(CC(NC(=O)c2cc([N+](=O)[O-])ccc2Br)C(=O)O)c2ccccc21. The number of rotatable bonds is 7. The van der Waals surface area contributed by atoms with Crippen molar-refractivity contribution in [1.82, 2.24) is 9.29 Å². The number of nitrogens with zero attached hydrogens (tertiary/aromatic N) is 2. The van der Waals surface area contributed by atoms with Gasteiger partial charge >= 0.3 is 5.97 Å². The van der Waals surface area contributed by atoms with Crippen LogP contribution < -0.4 is 5.32 Å². The van der Waals surface area contributed by atoms with Crippen LogP contribution in [0.4, 0.5) is 5.69 Å². The molecule has 0 saturated carbocycles. The second-order valence-electron chi connectivity index (χ2n) is 6.72. The lowest BCUT2D eigenvalue weighted by atomic mass is 10.0. The lowest BCUT2D eigenvalue weighted by molar-refractivity contribution is -0.384. The molecule has 3 aromatic rings. The molecule has 1 aromatic heterocycles. The molecule has 2 aromatic carbocycles. The maximum absolute atomic E-state index is 12.6. The summed E-state index contributed by atoms with van der Waals surface area (Å²) in [5.74, 6) is -2.17. The molecule has 0 bridgehead atoms. The van der Waals surface area contributed by atoms with Crippen molar-refractivity contribution in [1.29, 1.82) is 0 Å². The molecule has 1 unspecified atom stereocenters. The van der Waals surface area contributed by atoms with Crippen LogP contribution in [0.25, 0.3) is 10.9 Å². The number of nitro groups is 1. The molecule has 0 spiro atoms. The molecule has 1 heterocycles. The number of hydrogen-bond donors (Lipinski definition) is 2. The molecule has 0 saturated heterocycles. The van der Waals surface area contributed by atoms with Crippen LogP contribution in [0.3, 0.4) is 0 Å². The highest BCUT2D eigenvalue weighted by Crippen LogP contribution is 2.25. The zero-order valence-corrected chi connectivity index (χ0v) is 18.4. The monoisotopic (exact) mass is 509 g/mol. The Kier molecular flexibility index (Phi) is 6.13. The zero-order chi connectivity index (χ0) is 22.9. The van der Waals surface area contributed by atoms with Gasteiger partial charge in [0.1, 0.15) is 6.04 Å². The van der Waals surface area contributed by atoms with Gasteiger partial charge in [-0.25, -0.2) is 17.2 Å². The van der Waals surface area contributed by atoms with Crippen LogP contribution in [-0.2, 0) is 21.2 Å². The fourth-order valence-electron chi connectivity index (χ4n) is 3.11. The van der Waals surface area contributed by atoms with Crippen molar-refractivity contribution in [2.75, 3.05) is 6.26 Å². The third kappa shape index (κ3) is 4.75. The first-order valence-corrected chi connectivity index (χ1v) is 11.4. The number of carbonyl (C=O) groups excluding carboxylic acids is 1. The summed E-state index contributed by atoms with van der Waals surface area (Å²) in [7, 11) is -3.64. The van der Waals surface area contributed by atoms with E-state index in [0.717, 1.165) is 16.3 Å². The van der Waals surface area contributed by atoms with Gasteiger partial charge in [0.15, 0.2) is 0 Å². The number of para-hydroxylation sites is 1. The summed E-state index contributed by atoms with van der Waals surface area (Å²) in [6.45, 7) is 0. The van der Waals surface area contributed by atoms with E-state index >= 15 is 0 Å². The number of non-ortho nitro benzene ring substituents is 1. The fraction of sp³-hybridized carbons (Fsp3) is 0.158. The molecule has 162 valence electrons. The number of carbonyl (C=O) groups is 2. The summed E-state index contributed by atoms with van der Waals surface area (Å²) in [6, 6.07) is 8.75. The predicted molar refractivity (Wildman–Crippen MR) is 116 cm³/mol. The molecule has 31 heavy (non-hydrogen) atoms. The number of nitrogens with one attached hydrogen (secondary N) is 1. The third-order valence-corrected chi connectivity index (χ3v) is 6.26. The minimum absolute atomic E-state index is 0.0981. The maximum atomic E-state index is 12.6. The highest BCUT2D eigenvalue weighted by molar-refractivity contribution is 9.10. The van der Waals surface area contributed by atoms with Crippen LogP contribution in [0, 0.1) is 10.1 Å². The first kappa shape index (κ1) is 22.4. The van der Waals surface area contributed by atoms with Gasteiger partial charge in [-0.3, -0.25) is 14.9 Å². The van der Waals surface area contributed by atoms with Gasteiger partial charge in [-0.05, 0) is 33.6 Å². The van der Waals surface area contributed by atoms with Gasteiger partial charge in [0, 0.05) is 34.6 Å². The minimum Gasteiger partial charge on any atom is -0.480 e. The zero-order valence-electron chi connectivity index (χ0n) is 16.0. The molecule has 0 aliphatic carbocycles. The molecule has 0 aliphatic heterocycles. The van der Waals surface area contributed by atoms with Crippen LogP contribution in [0.15, 0.2) is 53.1 Å². The first-order valence-electron chi connectivity index (χ1n) is 8.76. The second-order valence-corrected chi connectivity index (χ2v) is 9.43. The lowest BCUT2D eigenvalue weighted by Crippen LogP contribution is -2.42. The van der Waals surface area contributed by atoms with Gasteiger partial charge < -0.3 is 10.4 Å². The Morgan fingerprint density at radius 1 is 1.26 bits per heavy atom. The van der Waals surface area contributed by atoms with E-state index in [1.54, 1.807) is 24.3 Å². The average Bonchev–Trinajstić information content (AvgIpc) is 3.06. The van der Waals surface area contributed by atoms with Gasteiger partial charge in [-0.2, -0.15) is 0 Å². The molecule has 0 radical (unpaired) electrons. The number of halogens is 1. The van der Waals surface area contributed by atoms with Gasteiger partial charge in [0.2, 0.25) is 10.0 Å². The Hall–Kier alpha value is -3.25. The van der Waals surface area contributed by atoms with E-state index < -0.39 is 32.9 Å². The molecule has 0 aliphatic rings. The number of nitro benzene ring substituents is 1. The Labute approximate surface area is 184 Å². The Morgan fingerprint density at radius 2 is 1.94 bits per heavy atom. The number of fused-ring (bicyclic) bond motifs is 1. The quantitative estimate of drug-likeness (QED) is 0.367. The number of benzene rings is 2. The van der Waals surface area contributed by atoms with Gasteiger partial charge in [0.25, 0.3) is 11.6 Å². The number of hydrogen-bond acceptors (Lipinski definition) is 6. The maximum Gasteiger partial charge on any atom is 0.326 e. The normalized spacial score (nSPS) is 12.5. The van der Waals surface area contributed by atoms with Crippen molar-refractivity contribution in [2.24, 2.45) is 0 Å². The largest absolute Gasteiger partial charge is 0.480 e. The number of carboxylic acid groups (broad SMARTS) is 1. The predicted octanol–water partition coefficient (Wildman–Crippen LogP) is 2.55. The van der Waals surface area contributed by atoms with E-state index in [-0.39, 0.29) is 22.1 Å². The van der Waals surface area contributed by atoms with Crippen molar-refractivity contribution in [3.05, 3.63) is 74.4 Å². The molecular weight excluding hydrogens is 494 g/mol. The van der Waals surface area contributed by atoms with Gasteiger partial charge in [0.05, 0.1) is 22.3 Å². The standard InChI is InChI=1S/C19H16BrN3O7S/c1-31(29,30)22-10-11(13-4-2-3-5-17(13)22)8-16(19(25)26)21-18(24)14-9-12(23(27)28)6-7-15(14)20/h2-7,9-10,16H,8H2,1H3,(H,21,24)(H,25,26). The van der Waals surface area contributed by atoms with Crippen LogP contribution in [0.2, 0.25) is 0 Å². The van der Waals surface area contributed by atoms with Crippen molar-refractivity contribution >= 4 is 54.4 Å². The Bertz CT molecular complexity index is 1320. The molecule has 3 rings (SSSR count). The van der Waals surface area contributed by atoms with E-state index in [0.29, 0.717) is 16.5 Å². The fourth-order valence-corrected chi connectivity index (χ4v) is 4.37. The smallest absolute Gasteiger partial charge is 0.326 e. The van der Waals surface area contributed by atoms with E-state index in [4.69, 9.17) is 0 Å². The van der Waals surface area contributed by atoms with Crippen LogP contribution in [0.5, 0.6) is 0 Å². The van der Waals surface area contributed by atoms with Crippen LogP contribution in [-0.4, -0.2) is 46.6 Å². The molecular formula is C19H16BrN3O7S. The lowest BCUT2D eigenvalue weighted by Gasteiger charge is -2.15. The number of aliphatic carboxylic acids is 1. The summed E-state index contributed by atoms with van der Waals surface area (Å²) in [5.41, 5.74) is 0.374. The molecule has 2 N–H and O–H groups in total. The van der Waals surface area contributed by atoms with E-state index in [1.807, 2.05) is 0 Å². The summed E-state index contributed by atoms with van der Waals surface area (Å²) in [4.78, 5) is 34.8. The summed E-state index contributed by atoms with van der Waals surface area (Å²) >= 11 is 3.13. The average molecular weight is 510 g/mol. The second kappa shape index (κ2) is 8.47. The van der Waals surface area contributed by atoms with Crippen LogP contribution in [0.1, 0.15) is 15.9 Å². The van der Waals surface area contributed by atoms with E-state index in [9.17, 15) is 33.2 Å². The minimum atomic E-state index is -3.64. The van der Waals surface area contributed by atoms with Crippen molar-refractivity contribution in [3.63, 3.8) is 0 Å². The van der Waals surface area contributed by atoms with E-state index in [2.05, 4.69) is 21.2 Å². The van der Waals surface area contributed by atoms with Crippen LogP contribution >= 0.6 is 15.9 Å². The number of aromatic nitrogens is 1. The molecule has 1 atom stereocenters. The number of amides is 1. The summed E-state index contributed by atoms with van der Waals surface area (Å²) in [5, 5.41) is 23.5. The number of carboxylic acids is 1. The molecule has 1 amide bonds. The van der Waals surface area contributed by atoms with Crippen molar-refractivity contribution in [3.8, 4) is 0 Å². The van der Waals surface area contributed by atoms with Crippen molar-refractivity contribution < 1.29 is 28.0 Å². The van der Waals surface area contributed by atoms with E-state index in [1.165, 1.54) is 18.3 Å².